The number of piperidine rings is 1. The van der Waals surface area contributed by atoms with Gasteiger partial charge in [0, 0.05) is 39.6 Å². The molecular weight excluding hydrogens is 364 g/mol. The Kier molecular flexibility index (Phi) is 4.45. The van der Waals surface area contributed by atoms with E-state index in [0.717, 1.165) is 41.7 Å². The Bertz CT molecular complexity index is 805. The molecule has 1 aromatic carbocycles. The molecule has 0 radical (unpaired) electrons. The van der Waals surface area contributed by atoms with Gasteiger partial charge in [0.25, 0.3) is 0 Å². The first-order valence-electron chi connectivity index (χ1n) is 8.28. The third-order valence-electron chi connectivity index (χ3n) is 4.63. The standard InChI is InChI=1S/C19H19BrN4/c20-16-3-1-14(2-4-16)18-17(13-5-9-21-10-6-13)19(24-23-18)15-7-11-22-12-8-15/h1-6,9-10,15,22H,7-8,11-12H2,(H,23,24). The van der Waals surface area contributed by atoms with Gasteiger partial charge in [0.2, 0.25) is 0 Å². The van der Waals surface area contributed by atoms with Crippen molar-refractivity contribution in [2.24, 2.45) is 0 Å². The van der Waals surface area contributed by atoms with Crippen molar-refractivity contribution < 1.29 is 0 Å². The molecule has 1 fully saturated rings. The molecule has 2 aromatic heterocycles. The summed E-state index contributed by atoms with van der Waals surface area (Å²) in [5.74, 6) is 0.520. The van der Waals surface area contributed by atoms with Gasteiger partial charge >= 0.3 is 0 Å². The molecule has 3 aromatic rings. The number of nitrogens with zero attached hydrogens (tertiary/aromatic N) is 2. The summed E-state index contributed by atoms with van der Waals surface area (Å²) >= 11 is 3.51. The molecule has 0 unspecified atom stereocenters. The minimum Gasteiger partial charge on any atom is -0.317 e. The normalized spacial score (nSPS) is 15.5. The van der Waals surface area contributed by atoms with E-state index in [1.165, 1.54) is 16.8 Å². The van der Waals surface area contributed by atoms with Crippen LogP contribution in [0.4, 0.5) is 0 Å². The Morgan fingerprint density at radius 2 is 1.62 bits per heavy atom. The van der Waals surface area contributed by atoms with E-state index in [-0.39, 0.29) is 0 Å². The number of nitrogens with one attached hydrogen (secondary N) is 2. The van der Waals surface area contributed by atoms with Gasteiger partial charge in [-0.3, -0.25) is 10.1 Å². The summed E-state index contributed by atoms with van der Waals surface area (Å²) in [6.45, 7) is 2.13. The number of H-pyrrole nitrogens is 1. The number of aromatic nitrogens is 3. The van der Waals surface area contributed by atoms with Gasteiger partial charge in [-0.05, 0) is 55.8 Å². The van der Waals surface area contributed by atoms with Gasteiger partial charge in [0.05, 0.1) is 0 Å². The Labute approximate surface area is 149 Å². The molecule has 1 aliphatic rings. The molecule has 24 heavy (non-hydrogen) atoms. The number of hydrogen-bond donors (Lipinski definition) is 2. The van der Waals surface area contributed by atoms with Crippen LogP contribution in [0.25, 0.3) is 22.4 Å². The largest absolute Gasteiger partial charge is 0.317 e. The first kappa shape index (κ1) is 15.5. The maximum absolute atomic E-state index is 4.69. The minimum atomic E-state index is 0.520. The molecule has 0 atom stereocenters. The molecule has 0 bridgehead atoms. The van der Waals surface area contributed by atoms with Crippen LogP contribution in [0.15, 0.2) is 53.3 Å². The van der Waals surface area contributed by atoms with Crippen LogP contribution in [-0.2, 0) is 0 Å². The van der Waals surface area contributed by atoms with Crippen LogP contribution in [0, 0.1) is 0 Å². The average molecular weight is 383 g/mol. The van der Waals surface area contributed by atoms with Crippen molar-refractivity contribution in [2.75, 3.05) is 13.1 Å². The predicted molar refractivity (Wildman–Crippen MR) is 99.8 cm³/mol. The second-order valence-electron chi connectivity index (χ2n) is 6.13. The lowest BCUT2D eigenvalue weighted by atomic mass is 9.88. The van der Waals surface area contributed by atoms with E-state index >= 15 is 0 Å². The van der Waals surface area contributed by atoms with Crippen molar-refractivity contribution in [3.63, 3.8) is 0 Å². The van der Waals surface area contributed by atoms with Crippen LogP contribution in [0.1, 0.15) is 24.5 Å². The summed E-state index contributed by atoms with van der Waals surface area (Å²) in [6, 6.07) is 12.5. The third-order valence-corrected chi connectivity index (χ3v) is 5.16. The van der Waals surface area contributed by atoms with Crippen molar-refractivity contribution in [1.29, 1.82) is 0 Å². The zero-order valence-electron chi connectivity index (χ0n) is 13.3. The summed E-state index contributed by atoms with van der Waals surface area (Å²) in [4.78, 5) is 4.16. The number of hydrogen-bond acceptors (Lipinski definition) is 3. The van der Waals surface area contributed by atoms with Crippen molar-refractivity contribution in [2.45, 2.75) is 18.8 Å². The van der Waals surface area contributed by atoms with Crippen molar-refractivity contribution >= 4 is 15.9 Å². The van der Waals surface area contributed by atoms with E-state index in [1.54, 1.807) is 0 Å². The SMILES string of the molecule is Brc1ccc(-c2n[nH]c(C3CCNCC3)c2-c2ccncc2)cc1. The van der Waals surface area contributed by atoms with Gasteiger partial charge in [-0.1, -0.05) is 28.1 Å². The Hall–Kier alpha value is -1.98. The van der Waals surface area contributed by atoms with Crippen LogP contribution in [0.3, 0.4) is 0 Å². The molecule has 5 heteroatoms. The van der Waals surface area contributed by atoms with Crippen LogP contribution in [-0.4, -0.2) is 28.3 Å². The van der Waals surface area contributed by atoms with Gasteiger partial charge in [-0.15, -0.1) is 0 Å². The van der Waals surface area contributed by atoms with Gasteiger partial charge in [0.15, 0.2) is 0 Å². The van der Waals surface area contributed by atoms with E-state index in [0.29, 0.717) is 5.92 Å². The van der Waals surface area contributed by atoms with Crippen LogP contribution >= 0.6 is 15.9 Å². The molecule has 1 saturated heterocycles. The smallest absolute Gasteiger partial charge is 0.100 e. The molecule has 0 saturated carbocycles. The van der Waals surface area contributed by atoms with E-state index in [2.05, 4.69) is 72.8 Å². The first-order chi connectivity index (χ1) is 11.8. The lowest BCUT2D eigenvalue weighted by Crippen LogP contribution is -2.27. The lowest BCUT2D eigenvalue weighted by Gasteiger charge is -2.22. The van der Waals surface area contributed by atoms with Crippen molar-refractivity contribution in [3.8, 4) is 22.4 Å². The highest BCUT2D eigenvalue weighted by molar-refractivity contribution is 9.10. The fraction of sp³-hybridized carbons (Fsp3) is 0.263. The molecule has 0 aliphatic carbocycles. The van der Waals surface area contributed by atoms with E-state index in [1.807, 2.05) is 12.4 Å². The summed E-state index contributed by atoms with van der Waals surface area (Å²) in [6.07, 6.45) is 5.97. The molecule has 3 heterocycles. The van der Waals surface area contributed by atoms with E-state index in [9.17, 15) is 0 Å². The first-order valence-corrected chi connectivity index (χ1v) is 9.07. The molecule has 1 aliphatic heterocycles. The Morgan fingerprint density at radius 3 is 2.33 bits per heavy atom. The molecule has 122 valence electrons. The zero-order chi connectivity index (χ0) is 16.4. The highest BCUT2D eigenvalue weighted by atomic mass is 79.9. The number of halogens is 1. The number of aromatic amines is 1. The van der Waals surface area contributed by atoms with Gasteiger partial charge in [-0.2, -0.15) is 5.10 Å². The summed E-state index contributed by atoms with van der Waals surface area (Å²) in [7, 11) is 0. The summed E-state index contributed by atoms with van der Waals surface area (Å²) in [5.41, 5.74) is 5.78. The minimum absolute atomic E-state index is 0.520. The highest BCUT2D eigenvalue weighted by Gasteiger charge is 2.24. The lowest BCUT2D eigenvalue weighted by molar-refractivity contribution is 0.453. The maximum atomic E-state index is 4.69. The molecule has 0 spiro atoms. The fourth-order valence-corrected chi connectivity index (χ4v) is 3.65. The van der Waals surface area contributed by atoms with Gasteiger partial charge in [0.1, 0.15) is 5.69 Å². The molecule has 4 nitrogen and oxygen atoms in total. The maximum Gasteiger partial charge on any atom is 0.100 e. The Morgan fingerprint density at radius 1 is 0.917 bits per heavy atom. The van der Waals surface area contributed by atoms with Crippen LogP contribution < -0.4 is 5.32 Å². The summed E-state index contributed by atoms with van der Waals surface area (Å²) in [5, 5.41) is 11.5. The fourth-order valence-electron chi connectivity index (χ4n) is 3.39. The quantitative estimate of drug-likeness (QED) is 0.706. The Balaban J connectivity index is 1.84. The van der Waals surface area contributed by atoms with Gasteiger partial charge in [-0.25, -0.2) is 0 Å². The third kappa shape index (κ3) is 3.01. The van der Waals surface area contributed by atoms with Crippen LogP contribution in [0.2, 0.25) is 0 Å². The predicted octanol–water partition coefficient (Wildman–Crippen LogP) is 4.37. The second-order valence-corrected chi connectivity index (χ2v) is 7.04. The highest BCUT2D eigenvalue weighted by Crippen LogP contribution is 2.39. The average Bonchev–Trinajstić information content (AvgIpc) is 3.09. The topological polar surface area (TPSA) is 53.6 Å². The number of rotatable bonds is 3. The second kappa shape index (κ2) is 6.87. The molecule has 4 rings (SSSR count). The monoisotopic (exact) mass is 382 g/mol. The molecule has 2 N–H and O–H groups in total. The van der Waals surface area contributed by atoms with E-state index in [4.69, 9.17) is 0 Å². The summed E-state index contributed by atoms with van der Waals surface area (Å²) < 4.78 is 1.07. The van der Waals surface area contributed by atoms with E-state index < -0.39 is 0 Å². The number of pyridine rings is 1. The van der Waals surface area contributed by atoms with Crippen molar-refractivity contribution in [1.82, 2.24) is 20.5 Å². The zero-order valence-corrected chi connectivity index (χ0v) is 14.9. The van der Waals surface area contributed by atoms with Crippen LogP contribution in [0.5, 0.6) is 0 Å². The number of benzene rings is 1. The van der Waals surface area contributed by atoms with Crippen molar-refractivity contribution in [3.05, 3.63) is 59.0 Å². The molecular formula is C19H19BrN4. The molecule has 0 amide bonds. The van der Waals surface area contributed by atoms with Gasteiger partial charge < -0.3 is 5.32 Å².